The quantitative estimate of drug-likeness (QED) is 0.712. The minimum Gasteiger partial charge on any atom is -0.507 e. The van der Waals surface area contributed by atoms with E-state index in [1.54, 1.807) is 24.3 Å². The van der Waals surface area contributed by atoms with Gasteiger partial charge in [-0.3, -0.25) is 9.69 Å². The van der Waals surface area contributed by atoms with Crippen molar-refractivity contribution in [3.63, 3.8) is 0 Å². The van der Waals surface area contributed by atoms with Crippen molar-refractivity contribution in [1.29, 1.82) is 0 Å². The van der Waals surface area contributed by atoms with Gasteiger partial charge in [0.15, 0.2) is 5.78 Å². The maximum Gasteiger partial charge on any atom is 0.196 e. The average molecular weight is 382 g/mol. The molecule has 0 saturated carbocycles. The van der Waals surface area contributed by atoms with Crippen molar-refractivity contribution in [2.75, 3.05) is 13.2 Å². The summed E-state index contributed by atoms with van der Waals surface area (Å²) in [5, 5.41) is 10.3. The summed E-state index contributed by atoms with van der Waals surface area (Å²) in [7, 11) is 0. The topological polar surface area (TPSA) is 49.8 Å². The van der Waals surface area contributed by atoms with Gasteiger partial charge in [-0.1, -0.05) is 30.3 Å². The largest absolute Gasteiger partial charge is 0.507 e. The van der Waals surface area contributed by atoms with Crippen molar-refractivity contribution >= 4 is 5.78 Å². The number of piperidine rings is 1. The van der Waals surface area contributed by atoms with E-state index in [0.717, 1.165) is 6.54 Å². The second-order valence-electron chi connectivity index (χ2n) is 8.85. The minimum atomic E-state index is -0.193. The highest BCUT2D eigenvalue weighted by atomic mass is 16.5. The second kappa shape index (κ2) is 7.96. The van der Waals surface area contributed by atoms with Crippen molar-refractivity contribution in [3.8, 4) is 11.5 Å². The Morgan fingerprint density at radius 2 is 1.68 bits per heavy atom. The molecule has 0 bridgehead atoms. The maximum atomic E-state index is 12.5. The summed E-state index contributed by atoms with van der Waals surface area (Å²) in [5.41, 5.74) is 1.15. The van der Waals surface area contributed by atoms with Crippen LogP contribution < -0.4 is 4.74 Å². The van der Waals surface area contributed by atoms with Crippen LogP contribution >= 0.6 is 0 Å². The molecule has 1 fully saturated rings. The zero-order chi connectivity index (χ0) is 20.4. The number of nitrogens with zero attached hydrogens (tertiary/aromatic N) is 1. The van der Waals surface area contributed by atoms with Crippen molar-refractivity contribution in [2.24, 2.45) is 0 Å². The lowest BCUT2D eigenvalue weighted by atomic mass is 9.80. The molecule has 2 aromatic carbocycles. The lowest BCUT2D eigenvalue weighted by Gasteiger charge is -2.53. The standard InChI is InChI=1S/C24H31NO3/c1-23(2)13-8-14-24(3,4)25(23)15-16-28-19-11-12-20(21(26)17-19)22(27)18-9-6-5-7-10-18/h5-7,9-12,17,26H,8,13-16H2,1-4H3. The highest BCUT2D eigenvalue weighted by molar-refractivity contribution is 6.10. The van der Waals surface area contributed by atoms with Crippen LogP contribution in [0.4, 0.5) is 0 Å². The monoisotopic (exact) mass is 381 g/mol. The number of carbonyl (C=O) groups is 1. The summed E-state index contributed by atoms with van der Waals surface area (Å²) in [6.07, 6.45) is 3.63. The van der Waals surface area contributed by atoms with Gasteiger partial charge in [0.25, 0.3) is 0 Å². The van der Waals surface area contributed by atoms with Gasteiger partial charge in [-0.2, -0.15) is 0 Å². The molecular formula is C24H31NO3. The number of benzene rings is 2. The fraction of sp³-hybridized carbons (Fsp3) is 0.458. The highest BCUT2D eigenvalue weighted by Crippen LogP contribution is 2.37. The summed E-state index contributed by atoms with van der Waals surface area (Å²) in [6, 6.07) is 13.9. The zero-order valence-electron chi connectivity index (χ0n) is 17.4. The van der Waals surface area contributed by atoms with Gasteiger partial charge in [0.2, 0.25) is 0 Å². The summed E-state index contributed by atoms with van der Waals surface area (Å²) in [6.45, 7) is 10.5. The molecule has 0 aromatic heterocycles. The first-order valence-corrected chi connectivity index (χ1v) is 10.0. The van der Waals surface area contributed by atoms with Crippen LogP contribution in [0, 0.1) is 0 Å². The summed E-state index contributed by atoms with van der Waals surface area (Å²) < 4.78 is 5.90. The second-order valence-corrected chi connectivity index (χ2v) is 8.85. The van der Waals surface area contributed by atoms with E-state index >= 15 is 0 Å². The fourth-order valence-electron chi connectivity index (χ4n) is 4.44. The Hall–Kier alpha value is -2.33. The molecule has 1 N–H and O–H groups in total. The molecule has 1 heterocycles. The Morgan fingerprint density at radius 3 is 2.29 bits per heavy atom. The lowest BCUT2D eigenvalue weighted by molar-refractivity contribution is -0.0340. The number of hydrogen-bond acceptors (Lipinski definition) is 4. The van der Waals surface area contributed by atoms with E-state index in [1.807, 2.05) is 18.2 Å². The number of likely N-dealkylation sites (tertiary alicyclic amines) is 1. The zero-order valence-corrected chi connectivity index (χ0v) is 17.4. The minimum absolute atomic E-state index is 0.0509. The first-order chi connectivity index (χ1) is 13.2. The van der Waals surface area contributed by atoms with E-state index in [1.165, 1.54) is 25.3 Å². The molecular weight excluding hydrogens is 350 g/mol. The molecule has 150 valence electrons. The third kappa shape index (κ3) is 4.39. The smallest absolute Gasteiger partial charge is 0.196 e. The van der Waals surface area contributed by atoms with Gasteiger partial charge >= 0.3 is 0 Å². The Morgan fingerprint density at radius 1 is 1.04 bits per heavy atom. The predicted molar refractivity (Wildman–Crippen MR) is 112 cm³/mol. The van der Waals surface area contributed by atoms with Gasteiger partial charge in [-0.25, -0.2) is 0 Å². The molecule has 4 heteroatoms. The van der Waals surface area contributed by atoms with Crippen LogP contribution in [0.3, 0.4) is 0 Å². The Labute approximate surface area is 168 Å². The predicted octanol–water partition coefficient (Wildman–Crippen LogP) is 5.05. The van der Waals surface area contributed by atoms with Crippen LogP contribution in [-0.4, -0.2) is 40.0 Å². The lowest BCUT2D eigenvalue weighted by Crippen LogP contribution is -2.59. The van der Waals surface area contributed by atoms with E-state index in [9.17, 15) is 9.90 Å². The maximum absolute atomic E-state index is 12.5. The van der Waals surface area contributed by atoms with E-state index in [2.05, 4.69) is 32.6 Å². The summed E-state index contributed by atoms with van der Waals surface area (Å²) >= 11 is 0. The van der Waals surface area contributed by atoms with E-state index in [0.29, 0.717) is 17.9 Å². The van der Waals surface area contributed by atoms with Crippen molar-refractivity contribution in [2.45, 2.75) is 58.0 Å². The third-order valence-corrected chi connectivity index (χ3v) is 5.87. The van der Waals surface area contributed by atoms with Crippen molar-refractivity contribution < 1.29 is 14.6 Å². The van der Waals surface area contributed by atoms with Crippen LogP contribution in [0.1, 0.15) is 62.9 Å². The molecule has 1 aliphatic heterocycles. The van der Waals surface area contributed by atoms with Crippen LogP contribution in [-0.2, 0) is 0 Å². The SMILES string of the molecule is CC1(C)CCCC(C)(C)N1CCOc1ccc(C(=O)c2ccccc2)c(O)c1. The molecule has 0 aliphatic carbocycles. The van der Waals surface area contributed by atoms with Crippen LogP contribution in [0.5, 0.6) is 11.5 Å². The number of ketones is 1. The Bertz CT molecular complexity index is 811. The van der Waals surface area contributed by atoms with Gasteiger partial charge < -0.3 is 9.84 Å². The molecule has 28 heavy (non-hydrogen) atoms. The number of ether oxygens (including phenoxy) is 1. The first-order valence-electron chi connectivity index (χ1n) is 10.0. The highest BCUT2D eigenvalue weighted by Gasteiger charge is 2.40. The molecule has 0 radical (unpaired) electrons. The normalized spacial score (nSPS) is 18.6. The van der Waals surface area contributed by atoms with Gasteiger partial charge in [0.1, 0.15) is 18.1 Å². The first kappa shape index (κ1) is 20.4. The summed E-state index contributed by atoms with van der Waals surface area (Å²) in [5.74, 6) is 0.334. The van der Waals surface area contributed by atoms with Gasteiger partial charge in [-0.05, 0) is 59.1 Å². The molecule has 1 saturated heterocycles. The molecule has 4 nitrogen and oxygen atoms in total. The summed E-state index contributed by atoms with van der Waals surface area (Å²) in [4.78, 5) is 15.1. The van der Waals surface area contributed by atoms with Gasteiger partial charge in [0.05, 0.1) is 5.56 Å². The van der Waals surface area contributed by atoms with Crippen LogP contribution in [0.15, 0.2) is 48.5 Å². The van der Waals surface area contributed by atoms with Gasteiger partial charge in [0, 0.05) is 29.3 Å². The number of phenols is 1. The molecule has 0 unspecified atom stereocenters. The molecule has 2 aromatic rings. The molecule has 0 spiro atoms. The number of carbonyl (C=O) groups excluding carboxylic acids is 1. The molecule has 0 amide bonds. The fourth-order valence-corrected chi connectivity index (χ4v) is 4.44. The van der Waals surface area contributed by atoms with Crippen molar-refractivity contribution in [1.82, 2.24) is 4.90 Å². The Balaban J connectivity index is 1.64. The number of hydrogen-bond donors (Lipinski definition) is 1. The van der Waals surface area contributed by atoms with E-state index in [4.69, 9.17) is 4.74 Å². The van der Waals surface area contributed by atoms with Crippen molar-refractivity contribution in [3.05, 3.63) is 59.7 Å². The van der Waals surface area contributed by atoms with Crippen LogP contribution in [0.25, 0.3) is 0 Å². The molecule has 3 rings (SSSR count). The molecule has 0 atom stereocenters. The number of aromatic hydroxyl groups is 1. The number of rotatable bonds is 6. The Kier molecular flexibility index (Phi) is 5.80. The number of phenolic OH excluding ortho intramolecular Hbond substituents is 1. The van der Waals surface area contributed by atoms with Gasteiger partial charge in [-0.15, -0.1) is 0 Å². The average Bonchev–Trinajstić information content (AvgIpc) is 2.64. The van der Waals surface area contributed by atoms with E-state index in [-0.39, 0.29) is 28.2 Å². The third-order valence-electron chi connectivity index (χ3n) is 5.87. The molecule has 1 aliphatic rings. The van der Waals surface area contributed by atoms with E-state index < -0.39 is 0 Å². The van der Waals surface area contributed by atoms with Crippen LogP contribution in [0.2, 0.25) is 0 Å².